The minimum Gasteiger partial charge on any atom is -0.304 e. The molecule has 0 aliphatic heterocycles. The van der Waals surface area contributed by atoms with Gasteiger partial charge in [0.1, 0.15) is 0 Å². The van der Waals surface area contributed by atoms with Crippen LogP contribution >= 0.6 is 0 Å². The fourth-order valence-corrected chi connectivity index (χ4v) is 1.01. The standard InChI is InChI=1S/C8H15N3/c1-4-7-5-8(10-9-7)6-11(2)3/h5H,4,6H2,1-3H3,(H,9,10). The largest absolute Gasteiger partial charge is 0.304 e. The van der Waals surface area contributed by atoms with E-state index in [0.29, 0.717) is 0 Å². The van der Waals surface area contributed by atoms with Crippen LogP contribution in [0.2, 0.25) is 0 Å². The van der Waals surface area contributed by atoms with Gasteiger partial charge >= 0.3 is 0 Å². The topological polar surface area (TPSA) is 31.9 Å². The smallest absolute Gasteiger partial charge is 0.0622 e. The number of hydrogen-bond acceptors (Lipinski definition) is 2. The first-order chi connectivity index (χ1) is 5.22. The van der Waals surface area contributed by atoms with Crippen LogP contribution in [-0.4, -0.2) is 29.2 Å². The fourth-order valence-electron chi connectivity index (χ4n) is 1.01. The highest BCUT2D eigenvalue weighted by atomic mass is 15.2. The van der Waals surface area contributed by atoms with Crippen LogP contribution in [0.1, 0.15) is 18.3 Å². The number of aromatic amines is 1. The molecule has 0 unspecified atom stereocenters. The fraction of sp³-hybridized carbons (Fsp3) is 0.625. The van der Waals surface area contributed by atoms with E-state index in [2.05, 4.69) is 28.1 Å². The molecule has 11 heavy (non-hydrogen) atoms. The molecule has 0 saturated carbocycles. The number of rotatable bonds is 3. The molecule has 1 heterocycles. The van der Waals surface area contributed by atoms with E-state index in [1.54, 1.807) is 0 Å². The summed E-state index contributed by atoms with van der Waals surface area (Å²) in [6.07, 6.45) is 1.00. The van der Waals surface area contributed by atoms with E-state index in [0.717, 1.165) is 18.7 Å². The Morgan fingerprint density at radius 2 is 2.27 bits per heavy atom. The first-order valence-electron chi connectivity index (χ1n) is 3.90. The number of H-pyrrole nitrogens is 1. The van der Waals surface area contributed by atoms with E-state index in [9.17, 15) is 0 Å². The summed E-state index contributed by atoms with van der Waals surface area (Å²) in [5.41, 5.74) is 2.33. The molecule has 3 heteroatoms. The van der Waals surface area contributed by atoms with Crippen molar-refractivity contribution < 1.29 is 0 Å². The molecule has 1 aromatic rings. The highest BCUT2D eigenvalue weighted by Gasteiger charge is 1.98. The molecule has 0 radical (unpaired) electrons. The lowest BCUT2D eigenvalue weighted by Gasteiger charge is -2.05. The lowest BCUT2D eigenvalue weighted by molar-refractivity contribution is 0.396. The van der Waals surface area contributed by atoms with Gasteiger partial charge in [0.05, 0.1) is 5.69 Å². The predicted octanol–water partition coefficient (Wildman–Crippen LogP) is 1.03. The maximum Gasteiger partial charge on any atom is 0.0622 e. The van der Waals surface area contributed by atoms with Crippen molar-refractivity contribution in [3.63, 3.8) is 0 Å². The molecule has 0 aliphatic carbocycles. The molecule has 3 nitrogen and oxygen atoms in total. The van der Waals surface area contributed by atoms with Crippen LogP contribution in [0.15, 0.2) is 6.07 Å². The second kappa shape index (κ2) is 3.53. The maximum absolute atomic E-state index is 4.14. The van der Waals surface area contributed by atoms with Gasteiger partial charge in [0.15, 0.2) is 0 Å². The van der Waals surface area contributed by atoms with Crippen molar-refractivity contribution >= 4 is 0 Å². The van der Waals surface area contributed by atoms with Crippen LogP contribution in [0.4, 0.5) is 0 Å². The van der Waals surface area contributed by atoms with Gasteiger partial charge in [0.25, 0.3) is 0 Å². The minimum atomic E-state index is 0.938. The lowest BCUT2D eigenvalue weighted by Crippen LogP contribution is -2.10. The average molecular weight is 153 g/mol. The van der Waals surface area contributed by atoms with Gasteiger partial charge in [0.2, 0.25) is 0 Å². The molecule has 62 valence electrons. The van der Waals surface area contributed by atoms with Crippen LogP contribution in [0.3, 0.4) is 0 Å². The van der Waals surface area contributed by atoms with Crippen molar-refractivity contribution in [2.75, 3.05) is 14.1 Å². The molecule has 1 N–H and O–H groups in total. The summed E-state index contributed by atoms with van der Waals surface area (Å²) in [5.74, 6) is 0. The van der Waals surface area contributed by atoms with Crippen molar-refractivity contribution in [1.82, 2.24) is 15.1 Å². The Kier molecular flexibility index (Phi) is 2.65. The third-order valence-corrected chi connectivity index (χ3v) is 1.53. The Balaban J connectivity index is 2.58. The Hall–Kier alpha value is -0.830. The van der Waals surface area contributed by atoms with E-state index in [1.807, 2.05) is 14.1 Å². The Bertz CT molecular complexity index is 215. The molecule has 0 amide bonds. The molecule has 0 bridgehead atoms. The van der Waals surface area contributed by atoms with Crippen LogP contribution in [0.5, 0.6) is 0 Å². The summed E-state index contributed by atoms with van der Waals surface area (Å²) in [5, 5.41) is 7.13. The highest BCUT2D eigenvalue weighted by Crippen LogP contribution is 2.01. The van der Waals surface area contributed by atoms with Crippen molar-refractivity contribution in [3.05, 3.63) is 17.5 Å². The Morgan fingerprint density at radius 3 is 2.73 bits per heavy atom. The second-order valence-corrected chi connectivity index (χ2v) is 2.98. The number of aryl methyl sites for hydroxylation is 1. The molecular weight excluding hydrogens is 138 g/mol. The van der Waals surface area contributed by atoms with E-state index in [4.69, 9.17) is 0 Å². The lowest BCUT2D eigenvalue weighted by atomic mass is 10.3. The molecule has 0 spiro atoms. The predicted molar refractivity (Wildman–Crippen MR) is 45.4 cm³/mol. The minimum absolute atomic E-state index is 0.938. The van der Waals surface area contributed by atoms with Gasteiger partial charge in [0, 0.05) is 12.2 Å². The molecule has 0 fully saturated rings. The van der Waals surface area contributed by atoms with Gasteiger partial charge in [-0.3, -0.25) is 5.10 Å². The second-order valence-electron chi connectivity index (χ2n) is 2.98. The third kappa shape index (κ3) is 2.35. The molecule has 1 rings (SSSR count). The van der Waals surface area contributed by atoms with E-state index in [1.165, 1.54) is 5.69 Å². The van der Waals surface area contributed by atoms with Crippen molar-refractivity contribution in [1.29, 1.82) is 0 Å². The zero-order chi connectivity index (χ0) is 8.27. The summed E-state index contributed by atoms with van der Waals surface area (Å²) in [6, 6.07) is 2.11. The van der Waals surface area contributed by atoms with E-state index >= 15 is 0 Å². The van der Waals surface area contributed by atoms with Crippen molar-refractivity contribution in [2.24, 2.45) is 0 Å². The average Bonchev–Trinajstić information content (AvgIpc) is 2.34. The van der Waals surface area contributed by atoms with Gasteiger partial charge < -0.3 is 4.90 Å². The summed E-state index contributed by atoms with van der Waals surface area (Å²) >= 11 is 0. The monoisotopic (exact) mass is 153 g/mol. The number of aromatic nitrogens is 2. The van der Waals surface area contributed by atoms with Gasteiger partial charge in [-0.05, 0) is 26.6 Å². The van der Waals surface area contributed by atoms with Crippen LogP contribution < -0.4 is 0 Å². The summed E-state index contributed by atoms with van der Waals surface area (Å²) in [7, 11) is 4.10. The third-order valence-electron chi connectivity index (χ3n) is 1.53. The first kappa shape index (κ1) is 8.27. The van der Waals surface area contributed by atoms with Gasteiger partial charge in [-0.25, -0.2) is 0 Å². The SMILES string of the molecule is CCc1cc(CN(C)C)[nH]n1. The number of hydrogen-bond donors (Lipinski definition) is 1. The van der Waals surface area contributed by atoms with Crippen molar-refractivity contribution in [2.45, 2.75) is 19.9 Å². The molecule has 0 aromatic carbocycles. The summed E-state index contributed by atoms with van der Waals surface area (Å²) in [6.45, 7) is 3.04. The zero-order valence-corrected chi connectivity index (χ0v) is 7.39. The Morgan fingerprint density at radius 1 is 1.55 bits per heavy atom. The first-order valence-corrected chi connectivity index (χ1v) is 3.90. The zero-order valence-electron chi connectivity index (χ0n) is 7.39. The van der Waals surface area contributed by atoms with Gasteiger partial charge in [-0.1, -0.05) is 6.92 Å². The number of nitrogens with one attached hydrogen (secondary N) is 1. The maximum atomic E-state index is 4.14. The van der Waals surface area contributed by atoms with Crippen LogP contribution in [0, 0.1) is 0 Å². The quantitative estimate of drug-likeness (QED) is 0.703. The Labute approximate surface area is 67.4 Å². The molecular formula is C8H15N3. The van der Waals surface area contributed by atoms with Crippen LogP contribution in [-0.2, 0) is 13.0 Å². The van der Waals surface area contributed by atoms with E-state index < -0.39 is 0 Å². The molecule has 1 aromatic heterocycles. The van der Waals surface area contributed by atoms with Gasteiger partial charge in [-0.15, -0.1) is 0 Å². The molecule has 0 aliphatic rings. The van der Waals surface area contributed by atoms with E-state index in [-0.39, 0.29) is 0 Å². The van der Waals surface area contributed by atoms with Gasteiger partial charge in [-0.2, -0.15) is 5.10 Å². The van der Waals surface area contributed by atoms with Crippen molar-refractivity contribution in [3.8, 4) is 0 Å². The summed E-state index contributed by atoms with van der Waals surface area (Å²) < 4.78 is 0. The molecule has 0 saturated heterocycles. The molecule has 0 atom stereocenters. The number of nitrogens with zero attached hydrogens (tertiary/aromatic N) is 2. The van der Waals surface area contributed by atoms with Crippen LogP contribution in [0.25, 0.3) is 0 Å². The summed E-state index contributed by atoms with van der Waals surface area (Å²) in [4.78, 5) is 2.12. The highest BCUT2D eigenvalue weighted by molar-refractivity contribution is 5.07. The normalized spacial score (nSPS) is 10.9.